The number of anilines is 1. The summed E-state index contributed by atoms with van der Waals surface area (Å²) >= 11 is 0. The summed E-state index contributed by atoms with van der Waals surface area (Å²) in [6, 6.07) is 7.47. The Labute approximate surface area is 132 Å². The molecule has 2 amide bonds. The van der Waals surface area contributed by atoms with Crippen LogP contribution in [-0.2, 0) is 9.59 Å². The Bertz CT molecular complexity index is 502. The van der Waals surface area contributed by atoms with Crippen LogP contribution < -0.4 is 10.1 Å². The van der Waals surface area contributed by atoms with Gasteiger partial charge < -0.3 is 15.0 Å². The maximum Gasteiger partial charge on any atom is 0.226 e. The van der Waals surface area contributed by atoms with E-state index in [1.54, 1.807) is 11.0 Å². The van der Waals surface area contributed by atoms with Crippen LogP contribution in [-0.4, -0.2) is 35.9 Å². The highest BCUT2D eigenvalue weighted by Crippen LogP contribution is 2.23. The molecule has 0 saturated heterocycles. The van der Waals surface area contributed by atoms with Gasteiger partial charge in [-0.05, 0) is 32.4 Å². The lowest BCUT2D eigenvalue weighted by Gasteiger charge is -2.27. The van der Waals surface area contributed by atoms with Crippen LogP contribution in [0.15, 0.2) is 24.3 Å². The molecule has 0 aliphatic heterocycles. The minimum atomic E-state index is -0.123. The number of benzene rings is 1. The Morgan fingerprint density at radius 3 is 2.55 bits per heavy atom. The van der Waals surface area contributed by atoms with Gasteiger partial charge in [-0.2, -0.15) is 0 Å². The van der Waals surface area contributed by atoms with Crippen molar-refractivity contribution in [2.45, 2.75) is 46.6 Å². The van der Waals surface area contributed by atoms with Crippen LogP contribution in [0.2, 0.25) is 0 Å². The first kappa shape index (κ1) is 18.0. The number of hydrogen-bond donors (Lipinski definition) is 1. The third-order valence-corrected chi connectivity index (χ3v) is 3.57. The van der Waals surface area contributed by atoms with Crippen molar-refractivity contribution in [2.24, 2.45) is 0 Å². The molecule has 0 bridgehead atoms. The highest BCUT2D eigenvalue weighted by Gasteiger charge is 2.16. The second kappa shape index (κ2) is 9.07. The monoisotopic (exact) mass is 306 g/mol. The van der Waals surface area contributed by atoms with Crippen molar-refractivity contribution in [1.82, 2.24) is 4.90 Å². The number of nitrogens with zero attached hydrogens (tertiary/aromatic N) is 1. The van der Waals surface area contributed by atoms with Gasteiger partial charge in [-0.15, -0.1) is 0 Å². The largest absolute Gasteiger partial charge is 0.492 e. The molecule has 1 aromatic rings. The highest BCUT2D eigenvalue weighted by molar-refractivity contribution is 5.92. The van der Waals surface area contributed by atoms with Crippen molar-refractivity contribution in [1.29, 1.82) is 0 Å². The molecule has 0 radical (unpaired) electrons. The number of carbonyl (C=O) groups is 2. The van der Waals surface area contributed by atoms with Gasteiger partial charge in [0.25, 0.3) is 0 Å². The summed E-state index contributed by atoms with van der Waals surface area (Å²) < 4.78 is 5.48. The molecule has 1 rings (SSSR count). The number of rotatable bonds is 8. The number of amides is 2. The first-order valence-corrected chi connectivity index (χ1v) is 7.78. The second-order valence-electron chi connectivity index (χ2n) is 5.20. The Balaban J connectivity index is 2.61. The SMILES string of the molecule is CCOc1ccccc1NC(=O)CCN(C(C)=O)C(C)CC. The molecule has 0 fully saturated rings. The summed E-state index contributed by atoms with van der Waals surface area (Å²) in [7, 11) is 0. The van der Waals surface area contributed by atoms with E-state index in [0.29, 0.717) is 24.6 Å². The van der Waals surface area contributed by atoms with Gasteiger partial charge in [0.2, 0.25) is 11.8 Å². The van der Waals surface area contributed by atoms with Crippen LogP contribution in [0.5, 0.6) is 5.75 Å². The molecule has 1 unspecified atom stereocenters. The van der Waals surface area contributed by atoms with E-state index in [9.17, 15) is 9.59 Å². The van der Waals surface area contributed by atoms with Gasteiger partial charge in [0.1, 0.15) is 5.75 Å². The molecule has 122 valence electrons. The first-order chi connectivity index (χ1) is 10.5. The smallest absolute Gasteiger partial charge is 0.226 e. The molecule has 0 heterocycles. The molecule has 0 spiro atoms. The van der Waals surface area contributed by atoms with Crippen molar-refractivity contribution < 1.29 is 14.3 Å². The lowest BCUT2D eigenvalue weighted by Crippen LogP contribution is -2.38. The lowest BCUT2D eigenvalue weighted by molar-refractivity contribution is -0.131. The summed E-state index contributed by atoms with van der Waals surface area (Å²) in [5.74, 6) is 0.530. The fourth-order valence-corrected chi connectivity index (χ4v) is 2.19. The van der Waals surface area contributed by atoms with Crippen molar-refractivity contribution in [3.05, 3.63) is 24.3 Å². The fourth-order valence-electron chi connectivity index (χ4n) is 2.19. The third-order valence-electron chi connectivity index (χ3n) is 3.57. The van der Waals surface area contributed by atoms with Crippen molar-refractivity contribution in [3.63, 3.8) is 0 Å². The molecular formula is C17H26N2O3. The molecular weight excluding hydrogens is 280 g/mol. The Morgan fingerprint density at radius 2 is 1.95 bits per heavy atom. The number of ether oxygens (including phenoxy) is 1. The maximum atomic E-state index is 12.1. The molecule has 0 aromatic heterocycles. The van der Waals surface area contributed by atoms with Crippen molar-refractivity contribution >= 4 is 17.5 Å². The van der Waals surface area contributed by atoms with E-state index >= 15 is 0 Å². The van der Waals surface area contributed by atoms with Crippen LogP contribution in [0.1, 0.15) is 40.5 Å². The molecule has 0 saturated carbocycles. The Hall–Kier alpha value is -2.04. The molecule has 0 aliphatic rings. The number of nitrogens with one attached hydrogen (secondary N) is 1. The van der Waals surface area contributed by atoms with E-state index in [2.05, 4.69) is 5.32 Å². The molecule has 22 heavy (non-hydrogen) atoms. The normalized spacial score (nSPS) is 11.6. The summed E-state index contributed by atoms with van der Waals surface area (Å²) in [6.45, 7) is 8.42. The van der Waals surface area contributed by atoms with Crippen molar-refractivity contribution in [3.8, 4) is 5.75 Å². The summed E-state index contributed by atoms with van der Waals surface area (Å²) in [5.41, 5.74) is 0.660. The summed E-state index contributed by atoms with van der Waals surface area (Å²) in [4.78, 5) is 25.5. The van der Waals surface area contributed by atoms with Gasteiger partial charge in [-0.1, -0.05) is 19.1 Å². The fraction of sp³-hybridized carbons (Fsp3) is 0.529. The van der Waals surface area contributed by atoms with Gasteiger partial charge in [0.05, 0.1) is 12.3 Å². The summed E-state index contributed by atoms with van der Waals surface area (Å²) in [6.07, 6.45) is 1.14. The van der Waals surface area contributed by atoms with Gasteiger partial charge >= 0.3 is 0 Å². The van der Waals surface area contributed by atoms with E-state index in [-0.39, 0.29) is 24.3 Å². The average molecular weight is 306 g/mol. The zero-order chi connectivity index (χ0) is 16.5. The molecule has 5 nitrogen and oxygen atoms in total. The van der Waals surface area contributed by atoms with Gasteiger partial charge in [0.15, 0.2) is 0 Å². The van der Waals surface area contributed by atoms with Gasteiger partial charge in [-0.25, -0.2) is 0 Å². The van der Waals surface area contributed by atoms with Crippen LogP contribution in [0.4, 0.5) is 5.69 Å². The summed E-state index contributed by atoms with van der Waals surface area (Å²) in [5, 5.41) is 2.84. The van der Waals surface area contributed by atoms with E-state index < -0.39 is 0 Å². The van der Waals surface area contributed by atoms with Crippen LogP contribution in [0.3, 0.4) is 0 Å². The van der Waals surface area contributed by atoms with E-state index in [1.807, 2.05) is 39.0 Å². The molecule has 5 heteroatoms. The molecule has 1 N–H and O–H groups in total. The number of hydrogen-bond acceptors (Lipinski definition) is 3. The molecule has 0 aliphatic carbocycles. The minimum absolute atomic E-state index is 0.00290. The number of para-hydroxylation sites is 2. The Morgan fingerprint density at radius 1 is 1.27 bits per heavy atom. The van der Waals surface area contributed by atoms with Gasteiger partial charge in [-0.3, -0.25) is 9.59 Å². The first-order valence-electron chi connectivity index (χ1n) is 7.78. The second-order valence-corrected chi connectivity index (χ2v) is 5.20. The zero-order valence-corrected chi connectivity index (χ0v) is 13.9. The van der Waals surface area contributed by atoms with E-state index in [1.165, 1.54) is 6.92 Å². The standard InChI is InChI=1S/C17H26N2O3/c1-5-13(3)19(14(4)20)12-11-17(21)18-15-9-7-8-10-16(15)22-6-2/h7-10,13H,5-6,11-12H2,1-4H3,(H,18,21). The van der Waals surface area contributed by atoms with Crippen LogP contribution >= 0.6 is 0 Å². The van der Waals surface area contributed by atoms with E-state index in [0.717, 1.165) is 6.42 Å². The Kier molecular flexibility index (Phi) is 7.43. The minimum Gasteiger partial charge on any atom is -0.492 e. The van der Waals surface area contributed by atoms with E-state index in [4.69, 9.17) is 4.74 Å². The predicted molar refractivity (Wildman–Crippen MR) is 88.0 cm³/mol. The van der Waals surface area contributed by atoms with Crippen LogP contribution in [0, 0.1) is 0 Å². The van der Waals surface area contributed by atoms with Crippen LogP contribution in [0.25, 0.3) is 0 Å². The topological polar surface area (TPSA) is 58.6 Å². The molecule has 1 atom stereocenters. The predicted octanol–water partition coefficient (Wildman–Crippen LogP) is 3.06. The highest BCUT2D eigenvalue weighted by atomic mass is 16.5. The number of carbonyl (C=O) groups excluding carboxylic acids is 2. The average Bonchev–Trinajstić information content (AvgIpc) is 2.49. The quantitative estimate of drug-likeness (QED) is 0.803. The molecule has 1 aromatic carbocycles. The third kappa shape index (κ3) is 5.39. The maximum absolute atomic E-state index is 12.1. The van der Waals surface area contributed by atoms with Gasteiger partial charge in [0, 0.05) is 25.9 Å². The lowest BCUT2D eigenvalue weighted by atomic mass is 10.2. The zero-order valence-electron chi connectivity index (χ0n) is 13.9. The van der Waals surface area contributed by atoms with Crippen molar-refractivity contribution in [2.75, 3.05) is 18.5 Å².